The summed E-state index contributed by atoms with van der Waals surface area (Å²) >= 11 is 0. The molecule has 0 radical (unpaired) electrons. The van der Waals surface area contributed by atoms with E-state index in [9.17, 15) is 18.8 Å². The van der Waals surface area contributed by atoms with E-state index in [0.717, 1.165) is 37.0 Å². The van der Waals surface area contributed by atoms with Crippen LogP contribution in [-0.4, -0.2) is 46.8 Å². The lowest BCUT2D eigenvalue weighted by Gasteiger charge is -2.44. The Hall–Kier alpha value is -2.44. The van der Waals surface area contributed by atoms with Crippen molar-refractivity contribution in [1.29, 1.82) is 0 Å². The zero-order chi connectivity index (χ0) is 20.6. The summed E-state index contributed by atoms with van der Waals surface area (Å²) < 4.78 is 13.3. The Labute approximate surface area is 170 Å². The van der Waals surface area contributed by atoms with E-state index < -0.39 is 23.3 Å². The van der Waals surface area contributed by atoms with Crippen molar-refractivity contribution in [2.45, 2.75) is 63.5 Å². The van der Waals surface area contributed by atoms with Crippen LogP contribution >= 0.6 is 0 Å². The molecule has 1 aromatic rings. The van der Waals surface area contributed by atoms with Gasteiger partial charge in [0.2, 0.25) is 5.91 Å². The van der Waals surface area contributed by atoms with E-state index in [1.807, 2.05) is 4.90 Å². The van der Waals surface area contributed by atoms with Gasteiger partial charge in [0.05, 0.1) is 0 Å². The summed E-state index contributed by atoms with van der Waals surface area (Å²) in [4.78, 5) is 41.9. The number of nitrogens with one attached hydrogen (secondary N) is 1. The maximum absolute atomic E-state index is 13.3. The molecule has 1 aliphatic carbocycles. The van der Waals surface area contributed by atoms with Crippen molar-refractivity contribution in [3.8, 4) is 0 Å². The van der Waals surface area contributed by atoms with Crippen LogP contribution in [0.1, 0.15) is 57.4 Å². The molecular weight excluding hydrogens is 373 g/mol. The van der Waals surface area contributed by atoms with Crippen LogP contribution in [0.5, 0.6) is 0 Å². The number of likely N-dealkylation sites (tertiary alicyclic amines) is 1. The number of piperidine rings is 1. The highest BCUT2D eigenvalue weighted by atomic mass is 19.1. The molecule has 2 saturated heterocycles. The summed E-state index contributed by atoms with van der Waals surface area (Å²) in [6.45, 7) is 2.25. The smallest absolute Gasteiger partial charge is 0.325 e. The number of amides is 4. The fourth-order valence-corrected chi connectivity index (χ4v) is 5.30. The Morgan fingerprint density at radius 1 is 1.14 bits per heavy atom. The second kappa shape index (κ2) is 7.76. The quantitative estimate of drug-likeness (QED) is 0.788. The molecule has 4 amide bonds. The Balaban J connectivity index is 1.53. The number of carbonyl (C=O) groups is 3. The SMILES string of the molecule is CC[C@]1(c2ccc(F)cc2)NC(=O)N(CC(=O)N2CCC[C@H]3CCCC[C@@H]32)C1=O. The number of nitrogens with zero attached hydrogens (tertiary/aromatic N) is 2. The normalized spacial score (nSPS) is 29.6. The minimum absolute atomic E-state index is 0.156. The molecule has 3 fully saturated rings. The highest BCUT2D eigenvalue weighted by Gasteiger charge is 2.52. The highest BCUT2D eigenvalue weighted by molar-refractivity contribution is 6.09. The van der Waals surface area contributed by atoms with Crippen LogP contribution in [0.2, 0.25) is 0 Å². The largest absolute Gasteiger partial charge is 0.338 e. The van der Waals surface area contributed by atoms with Gasteiger partial charge in [-0.15, -0.1) is 0 Å². The molecule has 1 N–H and O–H groups in total. The molecule has 0 spiro atoms. The predicted molar refractivity (Wildman–Crippen MR) is 105 cm³/mol. The molecule has 3 aliphatic rings. The molecule has 156 valence electrons. The molecule has 1 saturated carbocycles. The van der Waals surface area contributed by atoms with Crippen molar-refractivity contribution in [3.05, 3.63) is 35.6 Å². The van der Waals surface area contributed by atoms with Gasteiger partial charge in [-0.25, -0.2) is 9.18 Å². The second-order valence-corrected chi connectivity index (χ2v) is 8.43. The lowest BCUT2D eigenvalue weighted by molar-refractivity contribution is -0.143. The number of carbonyl (C=O) groups excluding carboxylic acids is 3. The van der Waals surface area contributed by atoms with E-state index in [4.69, 9.17) is 0 Å². The summed E-state index contributed by atoms with van der Waals surface area (Å²) in [7, 11) is 0. The number of urea groups is 1. The molecule has 0 bridgehead atoms. The van der Waals surface area contributed by atoms with Crippen molar-refractivity contribution in [2.24, 2.45) is 5.92 Å². The fourth-order valence-electron chi connectivity index (χ4n) is 5.30. The van der Waals surface area contributed by atoms with Crippen molar-refractivity contribution in [3.63, 3.8) is 0 Å². The van der Waals surface area contributed by atoms with E-state index >= 15 is 0 Å². The van der Waals surface area contributed by atoms with Gasteiger partial charge in [0.1, 0.15) is 17.9 Å². The molecule has 0 aromatic heterocycles. The molecule has 7 heteroatoms. The van der Waals surface area contributed by atoms with Crippen LogP contribution in [0, 0.1) is 11.7 Å². The van der Waals surface area contributed by atoms with Crippen molar-refractivity contribution < 1.29 is 18.8 Å². The van der Waals surface area contributed by atoms with Crippen molar-refractivity contribution in [1.82, 2.24) is 15.1 Å². The number of rotatable bonds is 4. The van der Waals surface area contributed by atoms with Crippen LogP contribution in [0.15, 0.2) is 24.3 Å². The minimum Gasteiger partial charge on any atom is -0.338 e. The van der Waals surface area contributed by atoms with Crippen molar-refractivity contribution in [2.75, 3.05) is 13.1 Å². The molecule has 29 heavy (non-hydrogen) atoms. The first kappa shape index (κ1) is 19.9. The zero-order valence-corrected chi connectivity index (χ0v) is 16.8. The van der Waals surface area contributed by atoms with E-state index in [-0.39, 0.29) is 18.5 Å². The number of hydrogen-bond acceptors (Lipinski definition) is 3. The van der Waals surface area contributed by atoms with Crippen LogP contribution < -0.4 is 5.32 Å². The summed E-state index contributed by atoms with van der Waals surface area (Å²) in [5.74, 6) is -0.465. The van der Waals surface area contributed by atoms with Gasteiger partial charge in [-0.2, -0.15) is 0 Å². The second-order valence-electron chi connectivity index (χ2n) is 8.43. The van der Waals surface area contributed by atoms with Crippen LogP contribution in [-0.2, 0) is 15.1 Å². The van der Waals surface area contributed by atoms with E-state index in [1.165, 1.54) is 30.7 Å². The van der Waals surface area contributed by atoms with Gasteiger partial charge in [-0.1, -0.05) is 31.9 Å². The van der Waals surface area contributed by atoms with Gasteiger partial charge in [0.15, 0.2) is 0 Å². The van der Waals surface area contributed by atoms with E-state index in [0.29, 0.717) is 24.4 Å². The lowest BCUT2D eigenvalue weighted by atomic mass is 9.78. The third-order valence-corrected chi connectivity index (χ3v) is 6.90. The summed E-state index contributed by atoms with van der Waals surface area (Å²) in [5.41, 5.74) is -0.722. The average Bonchev–Trinajstić information content (AvgIpc) is 2.99. The van der Waals surface area contributed by atoms with Crippen LogP contribution in [0.25, 0.3) is 0 Å². The third-order valence-electron chi connectivity index (χ3n) is 6.90. The lowest BCUT2D eigenvalue weighted by Crippen LogP contribution is -2.53. The number of hydrogen-bond donors (Lipinski definition) is 1. The number of fused-ring (bicyclic) bond motifs is 1. The van der Waals surface area contributed by atoms with E-state index in [1.54, 1.807) is 6.92 Å². The van der Waals surface area contributed by atoms with Gasteiger partial charge in [0, 0.05) is 12.6 Å². The Morgan fingerprint density at radius 3 is 2.55 bits per heavy atom. The predicted octanol–water partition coefficient (Wildman–Crippen LogP) is 3.16. The number of halogens is 1. The Morgan fingerprint density at radius 2 is 1.83 bits per heavy atom. The molecule has 6 nitrogen and oxygen atoms in total. The van der Waals surface area contributed by atoms with Gasteiger partial charge < -0.3 is 10.2 Å². The van der Waals surface area contributed by atoms with Crippen LogP contribution in [0.4, 0.5) is 9.18 Å². The molecular formula is C22H28FN3O3. The van der Waals surface area contributed by atoms with E-state index in [2.05, 4.69) is 5.32 Å². The summed E-state index contributed by atoms with van der Waals surface area (Å²) in [6, 6.07) is 5.25. The Bertz CT molecular complexity index is 810. The first-order chi connectivity index (χ1) is 14.0. The third kappa shape index (κ3) is 3.40. The molecule has 2 aliphatic heterocycles. The highest BCUT2D eigenvalue weighted by Crippen LogP contribution is 2.36. The maximum Gasteiger partial charge on any atom is 0.325 e. The zero-order valence-electron chi connectivity index (χ0n) is 16.8. The molecule has 2 heterocycles. The minimum atomic E-state index is -1.25. The Kier molecular flexibility index (Phi) is 5.32. The number of benzene rings is 1. The standard InChI is InChI=1S/C22H28FN3O3/c1-2-22(16-9-11-17(23)12-10-16)20(28)26(21(29)24-22)14-19(27)25-13-5-7-15-6-3-4-8-18(15)25/h9-12,15,18H,2-8,13-14H2,1H3,(H,24,29)/t15-,18+,22-/m1/s1. The molecule has 4 rings (SSSR count). The van der Waals surface area contributed by atoms with Gasteiger partial charge in [-0.3, -0.25) is 14.5 Å². The molecule has 1 aromatic carbocycles. The fraction of sp³-hybridized carbons (Fsp3) is 0.591. The maximum atomic E-state index is 13.3. The molecule has 3 atom stereocenters. The summed E-state index contributed by atoms with van der Waals surface area (Å²) in [6.07, 6.45) is 6.95. The first-order valence-electron chi connectivity index (χ1n) is 10.7. The van der Waals surface area contributed by atoms with Crippen molar-refractivity contribution >= 4 is 17.8 Å². The summed E-state index contributed by atoms with van der Waals surface area (Å²) in [5, 5.41) is 2.76. The first-order valence-corrected chi connectivity index (χ1v) is 10.7. The van der Waals surface area contributed by atoms with Gasteiger partial charge in [0.25, 0.3) is 5.91 Å². The van der Waals surface area contributed by atoms with Gasteiger partial charge in [-0.05, 0) is 55.7 Å². The van der Waals surface area contributed by atoms with Crippen LogP contribution in [0.3, 0.4) is 0 Å². The molecule has 0 unspecified atom stereocenters. The van der Waals surface area contributed by atoms with Gasteiger partial charge >= 0.3 is 6.03 Å². The average molecular weight is 401 g/mol. The number of imide groups is 1. The monoisotopic (exact) mass is 401 g/mol. The topological polar surface area (TPSA) is 69.7 Å².